The molecule has 0 aromatic carbocycles. The molecular weight excluding hydrogens is 196 g/mol. The van der Waals surface area contributed by atoms with Gasteiger partial charge in [0.15, 0.2) is 0 Å². The minimum Gasteiger partial charge on any atom is -0.424 e. The minimum atomic E-state index is -0.133. The van der Waals surface area contributed by atoms with E-state index in [1.165, 1.54) is 0 Å². The van der Waals surface area contributed by atoms with Crippen LogP contribution >= 0.6 is 0 Å². The number of piperazine rings is 1. The molecule has 1 saturated heterocycles. The largest absolute Gasteiger partial charge is 0.424 e. The third-order valence-corrected chi connectivity index (χ3v) is 2.53. The molecule has 1 N–H and O–H groups in total. The fraction of sp³-hybridized carbons (Fsp3) is 0.667. The summed E-state index contributed by atoms with van der Waals surface area (Å²) in [5.41, 5.74) is 0. The van der Waals surface area contributed by atoms with Crippen molar-refractivity contribution in [3.8, 4) is 0 Å². The number of rotatable bonds is 2. The van der Waals surface area contributed by atoms with Gasteiger partial charge in [-0.3, -0.25) is 9.69 Å². The third-order valence-electron chi connectivity index (χ3n) is 2.53. The summed E-state index contributed by atoms with van der Waals surface area (Å²) in [7, 11) is 0. The average Bonchev–Trinajstić information content (AvgIpc) is 2.59. The second-order valence-electron chi connectivity index (χ2n) is 3.65. The Balaban J connectivity index is 2.02. The van der Waals surface area contributed by atoms with Gasteiger partial charge in [0.05, 0.1) is 12.6 Å². The first-order valence-corrected chi connectivity index (χ1v) is 4.97. The lowest BCUT2D eigenvalue weighted by Crippen LogP contribution is -2.53. The first-order valence-electron chi connectivity index (χ1n) is 4.97. The lowest BCUT2D eigenvalue weighted by molar-refractivity contribution is -0.128. The van der Waals surface area contributed by atoms with Crippen molar-refractivity contribution >= 4 is 5.91 Å². The second kappa shape index (κ2) is 3.98. The highest BCUT2D eigenvalue weighted by molar-refractivity contribution is 5.81. The molecule has 0 saturated carbocycles. The summed E-state index contributed by atoms with van der Waals surface area (Å²) in [6.07, 6.45) is 0. The van der Waals surface area contributed by atoms with Crippen LogP contribution in [0.15, 0.2) is 4.42 Å². The number of carbonyl (C=O) groups excluding carboxylic acids is 1. The molecule has 15 heavy (non-hydrogen) atoms. The van der Waals surface area contributed by atoms with E-state index >= 15 is 0 Å². The first-order chi connectivity index (χ1) is 7.16. The molecule has 0 aliphatic carbocycles. The van der Waals surface area contributed by atoms with Crippen LogP contribution in [0.25, 0.3) is 0 Å². The van der Waals surface area contributed by atoms with E-state index in [2.05, 4.69) is 15.5 Å². The van der Waals surface area contributed by atoms with Gasteiger partial charge < -0.3 is 9.73 Å². The number of nitrogens with zero attached hydrogens (tertiary/aromatic N) is 3. The van der Waals surface area contributed by atoms with Gasteiger partial charge in [-0.2, -0.15) is 0 Å². The van der Waals surface area contributed by atoms with Gasteiger partial charge in [-0.05, 0) is 6.92 Å². The van der Waals surface area contributed by atoms with Crippen molar-refractivity contribution in [3.63, 3.8) is 0 Å². The van der Waals surface area contributed by atoms with E-state index < -0.39 is 0 Å². The molecule has 0 unspecified atom stereocenters. The van der Waals surface area contributed by atoms with Gasteiger partial charge in [-0.25, -0.2) is 0 Å². The van der Waals surface area contributed by atoms with Gasteiger partial charge in [0, 0.05) is 20.0 Å². The summed E-state index contributed by atoms with van der Waals surface area (Å²) in [4.78, 5) is 13.4. The first kappa shape index (κ1) is 10.1. The van der Waals surface area contributed by atoms with Crippen LogP contribution in [-0.4, -0.2) is 40.1 Å². The van der Waals surface area contributed by atoms with Gasteiger partial charge in [0.2, 0.25) is 17.7 Å². The maximum atomic E-state index is 11.4. The Bertz CT molecular complexity index is 363. The predicted octanol–water partition coefficient (Wildman–Crippen LogP) is -0.302. The van der Waals surface area contributed by atoms with Crippen molar-refractivity contribution in [2.45, 2.75) is 26.4 Å². The predicted molar refractivity (Wildman–Crippen MR) is 51.9 cm³/mol. The lowest BCUT2D eigenvalue weighted by Gasteiger charge is -2.31. The van der Waals surface area contributed by atoms with Crippen LogP contribution in [0.4, 0.5) is 0 Å². The molecule has 1 aromatic rings. The Labute approximate surface area is 87.7 Å². The van der Waals surface area contributed by atoms with Crippen molar-refractivity contribution in [3.05, 3.63) is 11.8 Å². The topological polar surface area (TPSA) is 71.3 Å². The fourth-order valence-corrected chi connectivity index (χ4v) is 1.62. The zero-order valence-electron chi connectivity index (χ0n) is 8.86. The van der Waals surface area contributed by atoms with Crippen LogP contribution in [0.5, 0.6) is 0 Å². The monoisotopic (exact) mass is 210 g/mol. The molecule has 0 bridgehead atoms. The molecule has 2 rings (SSSR count). The normalized spacial score (nSPS) is 22.8. The Kier molecular flexibility index (Phi) is 2.68. The standard InChI is InChI=1S/C9H14N4O2/c1-6-9(14)10-3-4-13(6)5-8-12-11-7(2)15-8/h6H,3-5H2,1-2H3,(H,10,14)/t6-/m1/s1. The van der Waals surface area contributed by atoms with E-state index in [0.29, 0.717) is 24.9 Å². The minimum absolute atomic E-state index is 0.0532. The van der Waals surface area contributed by atoms with Gasteiger partial charge in [0.25, 0.3) is 0 Å². The number of amides is 1. The highest BCUT2D eigenvalue weighted by atomic mass is 16.4. The number of hydrogen-bond acceptors (Lipinski definition) is 5. The van der Waals surface area contributed by atoms with Crippen LogP contribution < -0.4 is 5.32 Å². The van der Waals surface area contributed by atoms with E-state index in [4.69, 9.17) is 4.42 Å². The highest BCUT2D eigenvalue weighted by Gasteiger charge is 2.26. The van der Waals surface area contributed by atoms with Crippen LogP contribution in [0.1, 0.15) is 18.7 Å². The molecule has 6 nitrogen and oxygen atoms in total. The highest BCUT2D eigenvalue weighted by Crippen LogP contribution is 2.09. The summed E-state index contributed by atoms with van der Waals surface area (Å²) < 4.78 is 5.27. The van der Waals surface area contributed by atoms with E-state index in [1.807, 2.05) is 11.8 Å². The average molecular weight is 210 g/mol. The molecule has 1 atom stereocenters. The molecule has 1 aliphatic rings. The Morgan fingerprint density at radius 2 is 2.40 bits per heavy atom. The van der Waals surface area contributed by atoms with Crippen LogP contribution in [0.2, 0.25) is 0 Å². The molecule has 6 heteroatoms. The van der Waals surface area contributed by atoms with Crippen molar-refractivity contribution in [2.24, 2.45) is 0 Å². The second-order valence-corrected chi connectivity index (χ2v) is 3.65. The summed E-state index contributed by atoms with van der Waals surface area (Å²) >= 11 is 0. The number of carbonyl (C=O) groups is 1. The van der Waals surface area contributed by atoms with Crippen LogP contribution in [-0.2, 0) is 11.3 Å². The SMILES string of the molecule is Cc1nnc(CN2CCNC(=O)[C@H]2C)o1. The molecule has 1 aliphatic heterocycles. The number of aryl methyl sites for hydroxylation is 1. The van der Waals surface area contributed by atoms with Crippen LogP contribution in [0.3, 0.4) is 0 Å². The van der Waals surface area contributed by atoms with Gasteiger partial charge in [-0.1, -0.05) is 0 Å². The van der Waals surface area contributed by atoms with E-state index in [1.54, 1.807) is 6.92 Å². The Morgan fingerprint density at radius 3 is 3.07 bits per heavy atom. The Hall–Kier alpha value is -1.43. The van der Waals surface area contributed by atoms with Crippen molar-refractivity contribution in [2.75, 3.05) is 13.1 Å². The van der Waals surface area contributed by atoms with Crippen molar-refractivity contribution < 1.29 is 9.21 Å². The van der Waals surface area contributed by atoms with Gasteiger partial charge >= 0.3 is 0 Å². The summed E-state index contributed by atoms with van der Waals surface area (Å²) in [6, 6.07) is -0.133. The Morgan fingerprint density at radius 1 is 1.60 bits per heavy atom. The van der Waals surface area contributed by atoms with E-state index in [0.717, 1.165) is 6.54 Å². The number of nitrogens with one attached hydrogen (secondary N) is 1. The molecule has 2 heterocycles. The molecular formula is C9H14N4O2. The maximum absolute atomic E-state index is 11.4. The quantitative estimate of drug-likeness (QED) is 0.725. The summed E-state index contributed by atoms with van der Waals surface area (Å²) in [5, 5.41) is 10.5. The van der Waals surface area contributed by atoms with Crippen LogP contribution in [0, 0.1) is 6.92 Å². The van der Waals surface area contributed by atoms with Crippen molar-refractivity contribution in [1.29, 1.82) is 0 Å². The van der Waals surface area contributed by atoms with E-state index in [-0.39, 0.29) is 11.9 Å². The molecule has 0 spiro atoms. The number of hydrogen-bond donors (Lipinski definition) is 1. The van der Waals surface area contributed by atoms with Crippen molar-refractivity contribution in [1.82, 2.24) is 20.4 Å². The maximum Gasteiger partial charge on any atom is 0.237 e. The molecule has 1 fully saturated rings. The lowest BCUT2D eigenvalue weighted by atomic mass is 10.2. The van der Waals surface area contributed by atoms with Gasteiger partial charge in [-0.15, -0.1) is 10.2 Å². The summed E-state index contributed by atoms with van der Waals surface area (Å²) in [5.74, 6) is 1.17. The zero-order chi connectivity index (χ0) is 10.8. The molecule has 0 radical (unpaired) electrons. The third kappa shape index (κ3) is 2.15. The smallest absolute Gasteiger partial charge is 0.237 e. The zero-order valence-corrected chi connectivity index (χ0v) is 8.86. The molecule has 1 aromatic heterocycles. The molecule has 82 valence electrons. The number of aromatic nitrogens is 2. The summed E-state index contributed by atoms with van der Waals surface area (Å²) in [6.45, 7) is 5.65. The van der Waals surface area contributed by atoms with E-state index in [9.17, 15) is 4.79 Å². The molecule has 1 amide bonds. The van der Waals surface area contributed by atoms with Gasteiger partial charge in [0.1, 0.15) is 0 Å². The fourth-order valence-electron chi connectivity index (χ4n) is 1.62.